The summed E-state index contributed by atoms with van der Waals surface area (Å²) in [5, 5.41) is 18.1. The predicted octanol–water partition coefficient (Wildman–Crippen LogP) is 3.66. The molecule has 3 aromatic rings. The Bertz CT molecular complexity index is 865. The minimum Gasteiger partial charge on any atom is -0.390 e. The molecule has 0 unspecified atom stereocenters. The Hall–Kier alpha value is -2.46. The van der Waals surface area contributed by atoms with E-state index in [9.17, 15) is 5.11 Å². The summed E-state index contributed by atoms with van der Waals surface area (Å²) in [5.41, 5.74) is 8.26. The molecule has 0 atom stereocenters. The molecule has 0 saturated carbocycles. The van der Waals surface area contributed by atoms with Gasteiger partial charge in [-0.1, -0.05) is 29.5 Å². The maximum absolute atomic E-state index is 9.67. The third-order valence-corrected chi connectivity index (χ3v) is 4.47. The van der Waals surface area contributed by atoms with Crippen molar-refractivity contribution in [2.24, 2.45) is 0 Å². The smallest absolute Gasteiger partial charge is 0.117 e. The van der Waals surface area contributed by atoms with Crippen molar-refractivity contribution in [3.8, 4) is 16.9 Å². The molecule has 1 N–H and O–H groups in total. The van der Waals surface area contributed by atoms with Crippen LogP contribution in [-0.4, -0.2) is 20.1 Å². The molecule has 2 aromatic carbocycles. The normalized spacial score (nSPS) is 11.0. The minimum absolute atomic E-state index is 0.132. The number of hydrogen-bond acceptors (Lipinski definition) is 3. The van der Waals surface area contributed by atoms with Gasteiger partial charge >= 0.3 is 0 Å². The van der Waals surface area contributed by atoms with Gasteiger partial charge in [-0.25, -0.2) is 4.68 Å². The fourth-order valence-corrected chi connectivity index (χ4v) is 2.73. The quantitative estimate of drug-likeness (QED) is 0.803. The van der Waals surface area contributed by atoms with Crippen molar-refractivity contribution in [1.82, 2.24) is 15.0 Å². The second-order valence-corrected chi connectivity index (χ2v) is 5.97. The minimum atomic E-state index is -0.132. The molecule has 0 aliphatic rings. The van der Waals surface area contributed by atoms with E-state index in [-0.39, 0.29) is 6.61 Å². The molecule has 1 aromatic heterocycles. The molecule has 1 heterocycles. The number of aliphatic hydroxyl groups is 1. The number of nitrogens with zero attached hydrogens (tertiary/aromatic N) is 3. The van der Waals surface area contributed by atoms with Gasteiger partial charge in [-0.3, -0.25) is 0 Å². The third-order valence-electron chi connectivity index (χ3n) is 4.47. The number of rotatable bonds is 3. The molecular formula is C19H21N3O. The van der Waals surface area contributed by atoms with E-state index < -0.39 is 0 Å². The van der Waals surface area contributed by atoms with Gasteiger partial charge in [0.05, 0.1) is 12.3 Å². The van der Waals surface area contributed by atoms with Gasteiger partial charge in [0.2, 0.25) is 0 Å². The van der Waals surface area contributed by atoms with E-state index in [1.165, 1.54) is 16.7 Å². The molecule has 118 valence electrons. The van der Waals surface area contributed by atoms with Crippen LogP contribution in [0, 0.1) is 27.7 Å². The molecule has 23 heavy (non-hydrogen) atoms. The van der Waals surface area contributed by atoms with Crippen molar-refractivity contribution in [2.75, 3.05) is 0 Å². The molecular weight excluding hydrogens is 286 g/mol. The average Bonchev–Trinajstić information content (AvgIpc) is 2.96. The summed E-state index contributed by atoms with van der Waals surface area (Å²) in [5.74, 6) is 0. The van der Waals surface area contributed by atoms with Crippen LogP contribution in [0.3, 0.4) is 0 Å². The van der Waals surface area contributed by atoms with Gasteiger partial charge in [0, 0.05) is 5.56 Å². The van der Waals surface area contributed by atoms with E-state index in [2.05, 4.69) is 62.3 Å². The molecule has 0 fully saturated rings. The molecule has 4 heteroatoms. The first kappa shape index (κ1) is 15.4. The van der Waals surface area contributed by atoms with Gasteiger partial charge < -0.3 is 5.11 Å². The van der Waals surface area contributed by atoms with E-state index in [0.717, 1.165) is 22.5 Å². The average molecular weight is 307 g/mol. The van der Waals surface area contributed by atoms with Crippen molar-refractivity contribution in [3.05, 3.63) is 64.3 Å². The summed E-state index contributed by atoms with van der Waals surface area (Å²) in [7, 11) is 0. The van der Waals surface area contributed by atoms with Gasteiger partial charge in [0.15, 0.2) is 0 Å². The van der Waals surface area contributed by atoms with Crippen molar-refractivity contribution in [2.45, 2.75) is 34.3 Å². The van der Waals surface area contributed by atoms with E-state index >= 15 is 0 Å². The second kappa shape index (κ2) is 5.97. The molecule has 0 aliphatic heterocycles. The molecule has 3 rings (SSSR count). The summed E-state index contributed by atoms with van der Waals surface area (Å²) in [4.78, 5) is 0. The largest absolute Gasteiger partial charge is 0.390 e. The number of aromatic nitrogens is 3. The van der Waals surface area contributed by atoms with Crippen LogP contribution >= 0.6 is 0 Å². The lowest BCUT2D eigenvalue weighted by Crippen LogP contribution is -2.03. The molecule has 4 nitrogen and oxygen atoms in total. The van der Waals surface area contributed by atoms with Crippen molar-refractivity contribution < 1.29 is 5.11 Å². The molecule has 0 bridgehead atoms. The van der Waals surface area contributed by atoms with Crippen molar-refractivity contribution in [1.29, 1.82) is 0 Å². The van der Waals surface area contributed by atoms with Gasteiger partial charge in [-0.15, -0.1) is 5.10 Å². The standard InChI is InChI=1S/C19H21N3O/c1-12-8-9-16(10-14(12)3)19-17(11-23)20-21-22(19)18-7-5-6-13(2)15(18)4/h5-10,23H,11H2,1-4H3. The predicted molar refractivity (Wildman–Crippen MR) is 91.7 cm³/mol. The number of aliphatic hydroxyl groups excluding tert-OH is 1. The van der Waals surface area contributed by atoms with Gasteiger partial charge in [-0.05, 0) is 62.1 Å². The van der Waals surface area contributed by atoms with Crippen LogP contribution < -0.4 is 0 Å². The molecule has 0 saturated heterocycles. The van der Waals surface area contributed by atoms with Crippen LogP contribution in [0.25, 0.3) is 16.9 Å². The maximum Gasteiger partial charge on any atom is 0.117 e. The van der Waals surface area contributed by atoms with Gasteiger partial charge in [0.1, 0.15) is 11.4 Å². The van der Waals surface area contributed by atoms with Gasteiger partial charge in [-0.2, -0.15) is 0 Å². The van der Waals surface area contributed by atoms with Crippen LogP contribution in [0.4, 0.5) is 0 Å². The summed E-state index contributed by atoms with van der Waals surface area (Å²) in [6.07, 6.45) is 0. The summed E-state index contributed by atoms with van der Waals surface area (Å²) >= 11 is 0. The SMILES string of the molecule is Cc1ccc(-c2c(CO)nnn2-c2cccc(C)c2C)cc1C. The van der Waals surface area contributed by atoms with E-state index in [1.807, 2.05) is 16.8 Å². The Morgan fingerprint density at radius 1 is 0.957 bits per heavy atom. The maximum atomic E-state index is 9.67. The first-order valence-electron chi connectivity index (χ1n) is 7.72. The Balaban J connectivity index is 2.26. The summed E-state index contributed by atoms with van der Waals surface area (Å²) in [6, 6.07) is 12.4. The first-order valence-corrected chi connectivity index (χ1v) is 7.72. The Morgan fingerprint density at radius 3 is 2.43 bits per heavy atom. The Kier molecular flexibility index (Phi) is 4.01. The molecule has 0 radical (unpaired) electrons. The zero-order valence-corrected chi connectivity index (χ0v) is 14.0. The van der Waals surface area contributed by atoms with Gasteiger partial charge in [0.25, 0.3) is 0 Å². The Morgan fingerprint density at radius 2 is 1.74 bits per heavy atom. The van der Waals surface area contributed by atoms with Crippen LogP contribution in [0.1, 0.15) is 27.9 Å². The zero-order valence-electron chi connectivity index (χ0n) is 14.0. The molecule has 0 spiro atoms. The third kappa shape index (κ3) is 2.66. The lowest BCUT2D eigenvalue weighted by atomic mass is 10.0. The van der Waals surface area contributed by atoms with Crippen LogP contribution in [0.2, 0.25) is 0 Å². The lowest BCUT2D eigenvalue weighted by Gasteiger charge is -2.13. The second-order valence-electron chi connectivity index (χ2n) is 5.97. The molecule has 0 aliphatic carbocycles. The number of benzene rings is 2. The highest BCUT2D eigenvalue weighted by molar-refractivity contribution is 5.66. The zero-order chi connectivity index (χ0) is 16.6. The highest BCUT2D eigenvalue weighted by Gasteiger charge is 2.17. The topological polar surface area (TPSA) is 50.9 Å². The van der Waals surface area contributed by atoms with Crippen LogP contribution in [0.15, 0.2) is 36.4 Å². The van der Waals surface area contributed by atoms with E-state index in [0.29, 0.717) is 5.69 Å². The van der Waals surface area contributed by atoms with Crippen LogP contribution in [-0.2, 0) is 6.61 Å². The molecule has 0 amide bonds. The fraction of sp³-hybridized carbons (Fsp3) is 0.263. The Labute approximate surface area is 136 Å². The first-order chi connectivity index (χ1) is 11.0. The highest BCUT2D eigenvalue weighted by atomic mass is 16.3. The number of hydrogen-bond donors (Lipinski definition) is 1. The van der Waals surface area contributed by atoms with Crippen LogP contribution in [0.5, 0.6) is 0 Å². The van der Waals surface area contributed by atoms with E-state index in [4.69, 9.17) is 0 Å². The number of aryl methyl sites for hydroxylation is 3. The fourth-order valence-electron chi connectivity index (χ4n) is 2.73. The summed E-state index contributed by atoms with van der Waals surface area (Å²) < 4.78 is 1.83. The van der Waals surface area contributed by atoms with E-state index in [1.54, 1.807) is 0 Å². The van der Waals surface area contributed by atoms with Crippen molar-refractivity contribution in [3.63, 3.8) is 0 Å². The monoisotopic (exact) mass is 307 g/mol. The van der Waals surface area contributed by atoms with Crippen molar-refractivity contribution >= 4 is 0 Å². The summed E-state index contributed by atoms with van der Waals surface area (Å²) in [6.45, 7) is 8.20. The highest BCUT2D eigenvalue weighted by Crippen LogP contribution is 2.28. The lowest BCUT2D eigenvalue weighted by molar-refractivity contribution is 0.277.